The van der Waals surface area contributed by atoms with Crippen molar-refractivity contribution in [3.8, 4) is 0 Å². The Morgan fingerprint density at radius 2 is 1.88 bits per heavy atom. The lowest BCUT2D eigenvalue weighted by molar-refractivity contribution is -0.172. The van der Waals surface area contributed by atoms with Gasteiger partial charge in [-0.1, -0.05) is 30.8 Å². The molecule has 40 heavy (non-hydrogen) atoms. The first-order valence-electron chi connectivity index (χ1n) is 14.6. The number of fused-ring (bicyclic) bond motifs is 1. The molecule has 210 valence electrons. The number of carbonyl (C=O) groups excluding carboxylic acids is 2. The van der Waals surface area contributed by atoms with E-state index in [1.54, 1.807) is 6.20 Å². The molecule has 1 unspecified atom stereocenters. The summed E-state index contributed by atoms with van der Waals surface area (Å²) >= 11 is 0. The van der Waals surface area contributed by atoms with Gasteiger partial charge in [0.05, 0.1) is 11.6 Å². The van der Waals surface area contributed by atoms with Crippen LogP contribution in [0.15, 0.2) is 43.1 Å². The lowest BCUT2D eigenvalue weighted by atomic mass is 9.42. The molecule has 2 bridgehead atoms. The monoisotopic (exact) mass is 542 g/mol. The van der Waals surface area contributed by atoms with Gasteiger partial charge in [0, 0.05) is 50.4 Å². The standard InChI is InChI=1S/C31H38N6O3/c1-4-26(38)36-18-31(19-36)16-35(17-31)25(13-30-10-21(11-30)12-30)23-8-6-22(7-9-23)20(3)33-28-32-14-24-15-40-29(39)37(5-2)27(24)34-28/h4,6-9,14,20-21,25H,1,5,10-13,15-19H2,2-3H3,(H,32,33,34)/t20-,21?,25?,30?/m0/s1. The number of nitrogens with one attached hydrogen (secondary N) is 1. The predicted molar refractivity (Wildman–Crippen MR) is 152 cm³/mol. The van der Waals surface area contributed by atoms with Crippen LogP contribution in [0.4, 0.5) is 16.6 Å². The molecule has 6 aliphatic rings. The average molecular weight is 543 g/mol. The molecule has 4 heterocycles. The van der Waals surface area contributed by atoms with Gasteiger partial charge >= 0.3 is 6.09 Å². The van der Waals surface area contributed by atoms with E-state index in [0.717, 1.165) is 37.7 Å². The molecule has 1 spiro atoms. The molecule has 9 heteroatoms. The summed E-state index contributed by atoms with van der Waals surface area (Å²) in [6.07, 6.45) is 8.23. The minimum absolute atomic E-state index is 0.00409. The van der Waals surface area contributed by atoms with E-state index < -0.39 is 0 Å². The number of nitrogens with zero attached hydrogens (tertiary/aromatic N) is 5. The fraction of sp³-hybridized carbons (Fsp3) is 0.548. The molecule has 9 nitrogen and oxygen atoms in total. The van der Waals surface area contributed by atoms with Gasteiger partial charge in [-0.2, -0.15) is 4.98 Å². The maximum absolute atomic E-state index is 12.1. The van der Waals surface area contributed by atoms with Gasteiger partial charge < -0.3 is 15.0 Å². The number of rotatable bonds is 9. The molecule has 3 saturated carbocycles. The molecule has 3 aliphatic heterocycles. The summed E-state index contributed by atoms with van der Waals surface area (Å²) in [6, 6.07) is 9.47. The summed E-state index contributed by atoms with van der Waals surface area (Å²) in [4.78, 5) is 39.3. The maximum Gasteiger partial charge on any atom is 0.415 e. The molecule has 1 N–H and O–H groups in total. The van der Waals surface area contributed by atoms with Crippen molar-refractivity contribution in [2.45, 2.75) is 58.2 Å². The number of anilines is 2. The highest BCUT2D eigenvalue weighted by Crippen LogP contribution is 2.68. The Morgan fingerprint density at radius 1 is 1.18 bits per heavy atom. The van der Waals surface area contributed by atoms with E-state index in [1.807, 2.05) is 11.8 Å². The largest absolute Gasteiger partial charge is 0.444 e. The number of likely N-dealkylation sites (tertiary alicyclic amines) is 2. The zero-order chi connectivity index (χ0) is 27.6. The summed E-state index contributed by atoms with van der Waals surface area (Å²) in [7, 11) is 0. The molecule has 0 radical (unpaired) electrons. The summed E-state index contributed by atoms with van der Waals surface area (Å²) < 4.78 is 5.20. The first-order chi connectivity index (χ1) is 19.3. The molecule has 2 amide bonds. The Kier molecular flexibility index (Phi) is 5.93. The zero-order valence-electron chi connectivity index (χ0n) is 23.4. The Hall–Kier alpha value is -3.46. The first kappa shape index (κ1) is 25.5. The highest BCUT2D eigenvalue weighted by atomic mass is 16.6. The molecule has 2 aromatic rings. The third-order valence-electron chi connectivity index (χ3n) is 10.00. The molecular weight excluding hydrogens is 504 g/mol. The minimum atomic E-state index is -0.371. The first-order valence-corrected chi connectivity index (χ1v) is 14.6. The van der Waals surface area contributed by atoms with Crippen LogP contribution in [0, 0.1) is 16.7 Å². The quantitative estimate of drug-likeness (QED) is 0.460. The SMILES string of the molecule is C=CC(=O)N1CC2(C1)CN(C(CC13CC(C1)C3)c1ccc([C@H](C)Nc3ncc4c(n3)N(CC)C(=O)OC4)cc1)C2. The van der Waals surface area contributed by atoms with Gasteiger partial charge in [-0.15, -0.1) is 0 Å². The van der Waals surface area contributed by atoms with E-state index in [2.05, 4.69) is 58.0 Å². The van der Waals surface area contributed by atoms with Gasteiger partial charge in [-0.3, -0.25) is 14.6 Å². The molecule has 3 aliphatic carbocycles. The van der Waals surface area contributed by atoms with E-state index in [-0.39, 0.29) is 30.1 Å². The van der Waals surface area contributed by atoms with E-state index in [9.17, 15) is 9.59 Å². The highest BCUT2D eigenvalue weighted by molar-refractivity contribution is 5.89. The second-order valence-corrected chi connectivity index (χ2v) is 12.9. The number of ether oxygens (including phenoxy) is 1. The third-order valence-corrected chi connectivity index (χ3v) is 10.00. The predicted octanol–water partition coefficient (Wildman–Crippen LogP) is 4.69. The number of aromatic nitrogens is 2. The van der Waals surface area contributed by atoms with Crippen LogP contribution in [0.2, 0.25) is 0 Å². The van der Waals surface area contributed by atoms with Crippen LogP contribution in [0.1, 0.15) is 68.3 Å². The van der Waals surface area contributed by atoms with Crippen LogP contribution in [-0.2, 0) is 16.1 Å². The molecule has 8 rings (SSSR count). The molecule has 1 aromatic carbocycles. The van der Waals surface area contributed by atoms with E-state index in [4.69, 9.17) is 4.74 Å². The average Bonchev–Trinajstić information content (AvgIpc) is 2.86. The van der Waals surface area contributed by atoms with Crippen molar-refractivity contribution in [2.24, 2.45) is 16.7 Å². The van der Waals surface area contributed by atoms with Crippen LogP contribution < -0.4 is 10.2 Å². The lowest BCUT2D eigenvalue weighted by Gasteiger charge is -2.66. The molecule has 2 atom stereocenters. The van der Waals surface area contributed by atoms with Gasteiger partial charge in [0.2, 0.25) is 11.9 Å². The Labute approximate surface area is 235 Å². The van der Waals surface area contributed by atoms with Crippen molar-refractivity contribution in [3.05, 3.63) is 59.8 Å². The molecule has 1 aromatic heterocycles. The van der Waals surface area contributed by atoms with Crippen molar-refractivity contribution in [2.75, 3.05) is 42.9 Å². The second kappa shape index (κ2) is 9.29. The number of amides is 2. The van der Waals surface area contributed by atoms with Crippen molar-refractivity contribution in [1.29, 1.82) is 0 Å². The summed E-state index contributed by atoms with van der Waals surface area (Å²) in [5.74, 6) is 2.15. The van der Waals surface area contributed by atoms with Gasteiger partial charge in [0.15, 0.2) is 0 Å². The molecule has 5 fully saturated rings. The van der Waals surface area contributed by atoms with Crippen LogP contribution >= 0.6 is 0 Å². The van der Waals surface area contributed by atoms with Gasteiger partial charge in [-0.25, -0.2) is 9.78 Å². The molecular formula is C31H38N6O3. The second-order valence-electron chi connectivity index (χ2n) is 12.9. The molecule has 2 saturated heterocycles. The fourth-order valence-electron chi connectivity index (χ4n) is 7.73. The number of hydrogen-bond donors (Lipinski definition) is 1. The minimum Gasteiger partial charge on any atom is -0.444 e. The van der Waals surface area contributed by atoms with Crippen molar-refractivity contribution >= 4 is 23.8 Å². The van der Waals surface area contributed by atoms with Gasteiger partial charge in [0.25, 0.3) is 0 Å². The number of hydrogen-bond acceptors (Lipinski definition) is 7. The summed E-state index contributed by atoms with van der Waals surface area (Å²) in [5.41, 5.74) is 4.19. The lowest BCUT2D eigenvalue weighted by Crippen LogP contribution is -2.73. The van der Waals surface area contributed by atoms with Crippen molar-refractivity contribution in [1.82, 2.24) is 19.8 Å². The highest BCUT2D eigenvalue weighted by Gasteiger charge is 2.59. The van der Waals surface area contributed by atoms with Crippen LogP contribution in [0.25, 0.3) is 0 Å². The van der Waals surface area contributed by atoms with Crippen LogP contribution in [0.3, 0.4) is 0 Å². The van der Waals surface area contributed by atoms with Gasteiger partial charge in [-0.05, 0) is 68.1 Å². The Bertz CT molecular complexity index is 1330. The van der Waals surface area contributed by atoms with Crippen LogP contribution in [-0.4, -0.2) is 64.5 Å². The third kappa shape index (κ3) is 4.17. The fourth-order valence-corrected chi connectivity index (χ4v) is 7.73. The Morgan fingerprint density at radius 3 is 2.50 bits per heavy atom. The van der Waals surface area contributed by atoms with E-state index >= 15 is 0 Å². The van der Waals surface area contributed by atoms with E-state index in [0.29, 0.717) is 29.8 Å². The van der Waals surface area contributed by atoms with Crippen LogP contribution in [0.5, 0.6) is 0 Å². The summed E-state index contributed by atoms with van der Waals surface area (Å²) in [5, 5.41) is 3.42. The number of benzene rings is 1. The number of cyclic esters (lactones) is 1. The van der Waals surface area contributed by atoms with E-state index in [1.165, 1.54) is 47.8 Å². The Balaban J connectivity index is 1.03. The van der Waals surface area contributed by atoms with Gasteiger partial charge in [0.1, 0.15) is 12.4 Å². The van der Waals surface area contributed by atoms with Crippen molar-refractivity contribution < 1.29 is 14.3 Å². The maximum atomic E-state index is 12.1. The normalized spacial score (nSPS) is 27.2. The zero-order valence-corrected chi connectivity index (χ0v) is 23.4. The number of carbonyl (C=O) groups is 2. The smallest absolute Gasteiger partial charge is 0.415 e. The summed E-state index contributed by atoms with van der Waals surface area (Å²) in [6.45, 7) is 12.2. The van der Waals surface area contributed by atoms with Crippen molar-refractivity contribution in [3.63, 3.8) is 0 Å². The topological polar surface area (TPSA) is 90.9 Å².